The van der Waals surface area contributed by atoms with Crippen LogP contribution in [-0.2, 0) is 11.3 Å². The highest BCUT2D eigenvalue weighted by Crippen LogP contribution is 2.59. The van der Waals surface area contributed by atoms with Gasteiger partial charge >= 0.3 is 0 Å². The summed E-state index contributed by atoms with van der Waals surface area (Å²) in [5.41, 5.74) is 0.410. The van der Waals surface area contributed by atoms with Crippen molar-refractivity contribution in [3.8, 4) is 0 Å². The van der Waals surface area contributed by atoms with Crippen molar-refractivity contribution >= 4 is 11.8 Å². The van der Waals surface area contributed by atoms with Gasteiger partial charge in [0.25, 0.3) is 0 Å². The molecule has 0 radical (unpaired) electrons. The van der Waals surface area contributed by atoms with Crippen molar-refractivity contribution < 1.29 is 9.13 Å². The molecule has 1 unspecified atom stereocenters. The fraction of sp³-hybridized carbons (Fsp3) is 0.708. The molecule has 1 aromatic carbocycles. The second kappa shape index (κ2) is 9.98. The van der Waals surface area contributed by atoms with E-state index >= 15 is 0 Å². The first kappa shape index (κ1) is 23.2. The summed E-state index contributed by atoms with van der Waals surface area (Å²) in [5.74, 6) is 3.07. The molecule has 1 aromatic heterocycles. The number of halogens is 1. The Kier molecular flexibility index (Phi) is 7.02. The Hall–Kier alpha value is -1.55. The third-order valence-electron chi connectivity index (χ3n) is 8.11. The van der Waals surface area contributed by atoms with Crippen LogP contribution in [-0.4, -0.2) is 69.7 Å². The Morgan fingerprint density at radius 1 is 1.18 bits per heavy atom. The van der Waals surface area contributed by atoms with Gasteiger partial charge in [-0.2, -0.15) is 0 Å². The second-order valence-corrected chi connectivity index (χ2v) is 11.3. The third kappa shape index (κ3) is 5.11. The molecule has 33 heavy (non-hydrogen) atoms. The van der Waals surface area contributed by atoms with E-state index in [-0.39, 0.29) is 11.9 Å². The maximum Gasteiger partial charge on any atom is 0.169 e. The number of hydrogen-bond donors (Lipinski definition) is 1. The smallest absolute Gasteiger partial charge is 0.169 e. The zero-order valence-electron chi connectivity index (χ0n) is 19.6. The minimum atomic E-state index is -0.204. The summed E-state index contributed by atoms with van der Waals surface area (Å²) in [6.45, 7) is 10.0. The normalized spacial score (nSPS) is 27.8. The van der Waals surface area contributed by atoms with Crippen LogP contribution in [0.15, 0.2) is 29.2 Å². The first-order chi connectivity index (χ1) is 16.0. The summed E-state index contributed by atoms with van der Waals surface area (Å²) in [5, 5.41) is 16.8. The number of morpholine rings is 1. The van der Waals surface area contributed by atoms with Gasteiger partial charge in [0.05, 0.1) is 25.8 Å². The lowest BCUT2D eigenvalue weighted by molar-refractivity contribution is -0.0889. The first-order valence-electron chi connectivity index (χ1n) is 12.2. The average molecular weight is 475 g/mol. The van der Waals surface area contributed by atoms with Crippen LogP contribution in [0.25, 0.3) is 0 Å². The summed E-state index contributed by atoms with van der Waals surface area (Å²) in [6, 6.07) is 7.26. The monoisotopic (exact) mass is 474 g/mol. The van der Waals surface area contributed by atoms with E-state index in [1.807, 2.05) is 16.8 Å². The summed E-state index contributed by atoms with van der Waals surface area (Å²) >= 11 is 1.73. The molecule has 4 aliphatic rings. The summed E-state index contributed by atoms with van der Waals surface area (Å²) in [4.78, 5) is 3.46. The topological polar surface area (TPSA) is 68.1 Å². The average Bonchev–Trinajstić information content (AvgIpc) is 3.30. The van der Waals surface area contributed by atoms with E-state index in [4.69, 9.17) is 4.74 Å². The number of thioether (sulfide) groups is 1. The SMILES string of the molecule is CC1(C)[C@H]2CC[C@@H](NC(CSc3ccc(F)cc3)c3nnnn3CCN3CCOCC3)[C@@H]1C2. The Labute approximate surface area is 199 Å². The third-order valence-corrected chi connectivity index (χ3v) is 9.21. The predicted octanol–water partition coefficient (Wildman–Crippen LogP) is 3.39. The number of tetrazole rings is 1. The van der Waals surface area contributed by atoms with Crippen molar-refractivity contribution in [3.63, 3.8) is 0 Å². The highest BCUT2D eigenvalue weighted by molar-refractivity contribution is 7.99. The number of fused-ring (bicyclic) bond motifs is 2. The van der Waals surface area contributed by atoms with E-state index in [2.05, 4.69) is 39.6 Å². The Morgan fingerprint density at radius 2 is 1.97 bits per heavy atom. The van der Waals surface area contributed by atoms with Crippen molar-refractivity contribution in [1.82, 2.24) is 30.4 Å². The van der Waals surface area contributed by atoms with Crippen molar-refractivity contribution in [2.24, 2.45) is 17.3 Å². The summed E-state index contributed by atoms with van der Waals surface area (Å²) < 4.78 is 20.8. The molecule has 180 valence electrons. The lowest BCUT2D eigenvalue weighted by Gasteiger charge is -2.60. The number of nitrogens with one attached hydrogen (secondary N) is 1. The molecular formula is C24H35FN6OS. The van der Waals surface area contributed by atoms with Gasteiger partial charge in [0.2, 0.25) is 0 Å². The van der Waals surface area contributed by atoms with Gasteiger partial charge in [-0.15, -0.1) is 16.9 Å². The number of aromatic nitrogens is 4. The lowest BCUT2D eigenvalue weighted by atomic mass is 9.47. The lowest BCUT2D eigenvalue weighted by Crippen LogP contribution is -2.59. The highest BCUT2D eigenvalue weighted by atomic mass is 32.2. The van der Waals surface area contributed by atoms with Crippen molar-refractivity contribution in [3.05, 3.63) is 35.9 Å². The van der Waals surface area contributed by atoms with Gasteiger partial charge < -0.3 is 10.1 Å². The molecule has 2 bridgehead atoms. The molecule has 6 rings (SSSR count). The van der Waals surface area contributed by atoms with Gasteiger partial charge in [0, 0.05) is 36.3 Å². The number of nitrogens with zero attached hydrogens (tertiary/aromatic N) is 5. The van der Waals surface area contributed by atoms with E-state index in [1.165, 1.54) is 31.4 Å². The quantitative estimate of drug-likeness (QED) is 0.559. The van der Waals surface area contributed by atoms with E-state index < -0.39 is 0 Å². The van der Waals surface area contributed by atoms with Crippen LogP contribution in [0.5, 0.6) is 0 Å². The molecular weight excluding hydrogens is 439 g/mol. The van der Waals surface area contributed by atoms with Gasteiger partial charge in [-0.3, -0.25) is 4.90 Å². The minimum absolute atomic E-state index is 0.0395. The second-order valence-electron chi connectivity index (χ2n) is 10.2. The number of ether oxygens (including phenoxy) is 1. The minimum Gasteiger partial charge on any atom is -0.379 e. The molecule has 1 aliphatic heterocycles. The van der Waals surface area contributed by atoms with Gasteiger partial charge in [0.1, 0.15) is 5.82 Å². The van der Waals surface area contributed by atoms with Gasteiger partial charge in [-0.25, -0.2) is 9.07 Å². The molecule has 1 N–H and O–H groups in total. The molecule has 4 atom stereocenters. The molecule has 1 saturated heterocycles. The van der Waals surface area contributed by atoms with Crippen LogP contribution in [0.2, 0.25) is 0 Å². The fourth-order valence-electron chi connectivity index (χ4n) is 5.86. The molecule has 3 saturated carbocycles. The number of hydrogen-bond acceptors (Lipinski definition) is 7. The first-order valence-corrected chi connectivity index (χ1v) is 13.2. The Bertz CT molecular complexity index is 914. The molecule has 7 nitrogen and oxygen atoms in total. The maximum absolute atomic E-state index is 13.4. The molecule has 2 aromatic rings. The van der Waals surface area contributed by atoms with Gasteiger partial charge in [-0.05, 0) is 71.2 Å². The number of rotatable bonds is 9. The molecule has 0 spiro atoms. The van der Waals surface area contributed by atoms with E-state index in [0.29, 0.717) is 17.4 Å². The van der Waals surface area contributed by atoms with Crippen molar-refractivity contribution in [1.29, 1.82) is 0 Å². The van der Waals surface area contributed by atoms with Crippen molar-refractivity contribution in [2.75, 3.05) is 38.6 Å². The zero-order valence-corrected chi connectivity index (χ0v) is 20.4. The summed E-state index contributed by atoms with van der Waals surface area (Å²) in [6.07, 6.45) is 3.83. The van der Waals surface area contributed by atoms with Crippen LogP contribution < -0.4 is 5.32 Å². The highest BCUT2D eigenvalue weighted by Gasteiger charge is 2.54. The Morgan fingerprint density at radius 3 is 2.70 bits per heavy atom. The summed E-state index contributed by atoms with van der Waals surface area (Å²) in [7, 11) is 0. The standard InChI is InChI=1S/C24H35FN6OS/c1-24(2)17-3-8-21(20(24)15-17)26-22(16-33-19-6-4-18(25)5-7-19)23-27-28-29-31(23)10-9-30-11-13-32-14-12-30/h4-7,17,20-22,26H,3,8-16H2,1-2H3/t17-,20-,21+,22?/m0/s1. The van der Waals surface area contributed by atoms with Crippen LogP contribution in [0.3, 0.4) is 0 Å². The molecule has 2 heterocycles. The number of benzene rings is 1. The molecule has 3 aliphatic carbocycles. The van der Waals surface area contributed by atoms with Crippen LogP contribution >= 0.6 is 11.8 Å². The molecule has 9 heteroatoms. The zero-order chi connectivity index (χ0) is 22.8. The largest absolute Gasteiger partial charge is 0.379 e. The fourth-order valence-corrected chi connectivity index (χ4v) is 6.79. The molecule has 4 fully saturated rings. The van der Waals surface area contributed by atoms with Gasteiger partial charge in [-0.1, -0.05) is 13.8 Å². The van der Waals surface area contributed by atoms with E-state index in [0.717, 1.165) is 61.8 Å². The van der Waals surface area contributed by atoms with Crippen LogP contribution in [0, 0.1) is 23.1 Å². The predicted molar refractivity (Wildman–Crippen MR) is 126 cm³/mol. The van der Waals surface area contributed by atoms with E-state index in [1.54, 1.807) is 11.8 Å². The van der Waals surface area contributed by atoms with Crippen LogP contribution in [0.1, 0.15) is 45.0 Å². The Balaban J connectivity index is 1.30. The maximum atomic E-state index is 13.4. The molecule has 0 amide bonds. The van der Waals surface area contributed by atoms with Crippen LogP contribution in [0.4, 0.5) is 4.39 Å². The van der Waals surface area contributed by atoms with Crippen molar-refractivity contribution in [2.45, 2.75) is 56.6 Å². The van der Waals surface area contributed by atoms with E-state index in [9.17, 15) is 4.39 Å². The van der Waals surface area contributed by atoms with Gasteiger partial charge in [0.15, 0.2) is 5.82 Å².